The molecule has 0 aliphatic heterocycles. The van der Waals surface area contributed by atoms with Crippen LogP contribution in [0.2, 0.25) is 0 Å². The fourth-order valence-corrected chi connectivity index (χ4v) is 10.4. The van der Waals surface area contributed by atoms with Crippen molar-refractivity contribution in [3.8, 4) is 0 Å². The minimum atomic E-state index is -0.777. The molecule has 1 unspecified atom stereocenters. The van der Waals surface area contributed by atoms with Crippen molar-refractivity contribution >= 4 is 17.9 Å². The van der Waals surface area contributed by atoms with Crippen LogP contribution in [0, 0.1) is 0 Å². The lowest BCUT2D eigenvalue weighted by Gasteiger charge is -2.18. The van der Waals surface area contributed by atoms with Gasteiger partial charge < -0.3 is 14.2 Å². The van der Waals surface area contributed by atoms with Crippen LogP contribution in [0.15, 0.2) is 72.9 Å². The van der Waals surface area contributed by atoms with E-state index in [4.69, 9.17) is 14.2 Å². The first-order chi connectivity index (χ1) is 40.0. The Kier molecular flexibility index (Phi) is 66.6. The van der Waals surface area contributed by atoms with E-state index in [1.165, 1.54) is 231 Å². The van der Waals surface area contributed by atoms with E-state index in [9.17, 15) is 14.4 Å². The summed E-state index contributed by atoms with van der Waals surface area (Å²) < 4.78 is 16.9. The third kappa shape index (κ3) is 67.5. The highest BCUT2D eigenvalue weighted by molar-refractivity contribution is 5.71. The summed E-state index contributed by atoms with van der Waals surface area (Å²) in [6.45, 7) is 6.54. The maximum Gasteiger partial charge on any atom is 0.306 e. The van der Waals surface area contributed by atoms with Crippen molar-refractivity contribution in [1.82, 2.24) is 0 Å². The highest BCUT2D eigenvalue weighted by atomic mass is 16.6. The van der Waals surface area contributed by atoms with Gasteiger partial charge in [0.1, 0.15) is 13.2 Å². The van der Waals surface area contributed by atoms with Crippen LogP contribution in [0.5, 0.6) is 0 Å². The van der Waals surface area contributed by atoms with Gasteiger partial charge in [-0.05, 0) is 89.9 Å². The molecule has 0 aromatic rings. The van der Waals surface area contributed by atoms with Gasteiger partial charge in [-0.3, -0.25) is 14.4 Å². The van der Waals surface area contributed by atoms with E-state index >= 15 is 0 Å². The summed E-state index contributed by atoms with van der Waals surface area (Å²) in [7, 11) is 0. The highest BCUT2D eigenvalue weighted by Gasteiger charge is 2.19. The van der Waals surface area contributed by atoms with Crippen LogP contribution in [0.25, 0.3) is 0 Å². The Balaban J connectivity index is 4.07. The molecule has 81 heavy (non-hydrogen) atoms. The summed E-state index contributed by atoms with van der Waals surface area (Å²) in [4.78, 5) is 38.3. The van der Waals surface area contributed by atoms with E-state index in [1.807, 2.05) is 0 Å². The van der Waals surface area contributed by atoms with Crippen molar-refractivity contribution in [3.05, 3.63) is 72.9 Å². The topological polar surface area (TPSA) is 78.9 Å². The minimum Gasteiger partial charge on any atom is -0.462 e. The number of unbranched alkanes of at least 4 members (excludes halogenated alkanes) is 42. The molecule has 0 bridgehead atoms. The molecular weight excluding hydrogens is 997 g/mol. The number of carbonyl (C=O) groups is 3. The number of rotatable bonds is 65. The van der Waals surface area contributed by atoms with Crippen LogP contribution < -0.4 is 0 Å². The van der Waals surface area contributed by atoms with Crippen LogP contribution in [0.3, 0.4) is 0 Å². The molecule has 0 saturated heterocycles. The van der Waals surface area contributed by atoms with Crippen LogP contribution >= 0.6 is 0 Å². The molecule has 0 fully saturated rings. The largest absolute Gasteiger partial charge is 0.462 e. The second kappa shape index (κ2) is 69.3. The second-order valence-electron chi connectivity index (χ2n) is 23.8. The van der Waals surface area contributed by atoms with E-state index in [1.54, 1.807) is 0 Å². The fourth-order valence-electron chi connectivity index (χ4n) is 10.4. The first-order valence-corrected chi connectivity index (χ1v) is 35.4. The van der Waals surface area contributed by atoms with Crippen molar-refractivity contribution in [3.63, 3.8) is 0 Å². The summed E-state index contributed by atoms with van der Waals surface area (Å²) >= 11 is 0. The zero-order valence-electron chi connectivity index (χ0n) is 54.1. The molecule has 470 valence electrons. The predicted molar refractivity (Wildman–Crippen MR) is 353 cm³/mol. The van der Waals surface area contributed by atoms with Crippen molar-refractivity contribution in [1.29, 1.82) is 0 Å². The van der Waals surface area contributed by atoms with Crippen molar-refractivity contribution < 1.29 is 28.6 Å². The number of hydrogen-bond donors (Lipinski definition) is 0. The number of ether oxygens (including phenoxy) is 3. The smallest absolute Gasteiger partial charge is 0.306 e. The van der Waals surface area contributed by atoms with Gasteiger partial charge in [0.2, 0.25) is 0 Å². The van der Waals surface area contributed by atoms with Gasteiger partial charge in [-0.25, -0.2) is 0 Å². The van der Waals surface area contributed by atoms with Gasteiger partial charge in [-0.2, -0.15) is 0 Å². The molecular formula is C75H134O6. The third-order valence-corrected chi connectivity index (χ3v) is 15.7. The maximum atomic E-state index is 12.9. The summed E-state index contributed by atoms with van der Waals surface area (Å²) in [5.41, 5.74) is 0. The van der Waals surface area contributed by atoms with Crippen LogP contribution in [-0.2, 0) is 28.6 Å². The molecule has 0 aliphatic rings. The molecule has 6 heteroatoms. The standard InChI is InChI=1S/C75H134O6/c1-4-7-10-13-16-19-21-23-25-27-29-31-32-33-34-35-36-37-38-39-40-41-42-44-45-47-49-51-53-56-59-62-65-68-74(77)80-71-72(70-79-73(76)67-64-61-58-55-18-15-12-9-6-3)81-75(78)69-66-63-60-57-54-52-50-48-46-43-30-28-26-24-22-20-17-14-11-8-5-2/h8,11,17,20-21,23-24,26-27,29-30,43,72H,4-7,9-10,12-16,18-19,22,25,28,31-42,44-71H2,1-3H3/b11-8-,20-17-,23-21-,26-24-,29-27-,43-30-. The predicted octanol–water partition coefficient (Wildman–Crippen LogP) is 24.4. The first kappa shape index (κ1) is 77.9. The Hall–Kier alpha value is -3.15. The second-order valence-corrected chi connectivity index (χ2v) is 23.8. The maximum absolute atomic E-state index is 12.9. The van der Waals surface area contributed by atoms with Gasteiger partial charge in [0.25, 0.3) is 0 Å². The quantitative estimate of drug-likeness (QED) is 0.0261. The molecule has 0 radical (unpaired) electrons. The molecule has 6 nitrogen and oxygen atoms in total. The van der Waals surface area contributed by atoms with Crippen molar-refractivity contribution in [2.75, 3.05) is 13.2 Å². The zero-order valence-corrected chi connectivity index (χ0v) is 54.1. The summed E-state index contributed by atoms with van der Waals surface area (Å²) in [5.74, 6) is -0.865. The Morgan fingerprint density at radius 2 is 0.481 bits per heavy atom. The van der Waals surface area contributed by atoms with E-state index in [0.29, 0.717) is 19.3 Å². The summed E-state index contributed by atoms with van der Waals surface area (Å²) in [6, 6.07) is 0. The van der Waals surface area contributed by atoms with Crippen molar-refractivity contribution in [2.45, 2.75) is 374 Å². The summed E-state index contributed by atoms with van der Waals surface area (Å²) in [5, 5.41) is 0. The molecule has 1 atom stereocenters. The van der Waals surface area contributed by atoms with Gasteiger partial charge in [-0.15, -0.1) is 0 Å². The molecule has 0 spiro atoms. The Bertz CT molecular complexity index is 1490. The molecule has 0 N–H and O–H groups in total. The van der Waals surface area contributed by atoms with E-state index < -0.39 is 6.10 Å². The molecule has 0 rings (SSSR count). The Morgan fingerprint density at radius 3 is 0.753 bits per heavy atom. The average Bonchev–Trinajstić information content (AvgIpc) is 3.47. The lowest BCUT2D eigenvalue weighted by Crippen LogP contribution is -2.30. The lowest BCUT2D eigenvalue weighted by molar-refractivity contribution is -0.167. The van der Waals surface area contributed by atoms with Gasteiger partial charge in [0.05, 0.1) is 0 Å². The van der Waals surface area contributed by atoms with E-state index in [2.05, 4.69) is 93.7 Å². The normalized spacial score (nSPS) is 12.5. The van der Waals surface area contributed by atoms with Gasteiger partial charge in [-0.1, -0.05) is 331 Å². The molecule has 0 aromatic carbocycles. The Morgan fingerprint density at radius 1 is 0.259 bits per heavy atom. The van der Waals surface area contributed by atoms with E-state index in [-0.39, 0.29) is 31.1 Å². The molecule has 0 heterocycles. The average molecular weight is 1130 g/mol. The zero-order chi connectivity index (χ0) is 58.5. The monoisotopic (exact) mass is 1130 g/mol. The molecule has 0 amide bonds. The number of esters is 3. The van der Waals surface area contributed by atoms with E-state index in [0.717, 1.165) is 96.3 Å². The molecule has 0 saturated carbocycles. The Labute approximate surface area is 503 Å². The first-order valence-electron chi connectivity index (χ1n) is 35.4. The van der Waals surface area contributed by atoms with Gasteiger partial charge in [0, 0.05) is 19.3 Å². The number of carbonyl (C=O) groups excluding carboxylic acids is 3. The van der Waals surface area contributed by atoms with Gasteiger partial charge >= 0.3 is 17.9 Å². The third-order valence-electron chi connectivity index (χ3n) is 15.7. The summed E-state index contributed by atoms with van der Waals surface area (Å²) in [6.07, 6.45) is 91.0. The highest BCUT2D eigenvalue weighted by Crippen LogP contribution is 2.18. The SMILES string of the molecule is CC/C=C\C/C=C\C/C=C\C/C=C\CCCCCCCCCCC(=O)OC(COC(=O)CCCCCCCCCCC)COC(=O)CCCCCCCCCCCCCCCCCCCCCCC/C=C\C/C=C\CCCCCCC. The van der Waals surface area contributed by atoms with Gasteiger partial charge in [0.15, 0.2) is 6.10 Å². The number of allylic oxidation sites excluding steroid dienone is 12. The van der Waals surface area contributed by atoms with Crippen LogP contribution in [-0.4, -0.2) is 37.2 Å². The number of hydrogen-bond acceptors (Lipinski definition) is 6. The minimum absolute atomic E-state index is 0.0740. The van der Waals surface area contributed by atoms with Crippen molar-refractivity contribution in [2.24, 2.45) is 0 Å². The van der Waals surface area contributed by atoms with Crippen LogP contribution in [0.1, 0.15) is 367 Å². The van der Waals surface area contributed by atoms with Crippen LogP contribution in [0.4, 0.5) is 0 Å². The lowest BCUT2D eigenvalue weighted by atomic mass is 10.0. The fraction of sp³-hybridized carbons (Fsp3) is 0.800. The molecule has 0 aliphatic carbocycles. The molecule has 0 aromatic heterocycles.